The van der Waals surface area contributed by atoms with Crippen LogP contribution < -0.4 is 9.47 Å². The number of nitrogens with zero attached hydrogens (tertiary/aromatic N) is 1. The fourth-order valence-corrected chi connectivity index (χ4v) is 2.61. The number of esters is 1. The normalized spacial score (nSPS) is 10.4. The Morgan fingerprint density at radius 1 is 1.14 bits per heavy atom. The number of oxazole rings is 1. The van der Waals surface area contributed by atoms with Crippen LogP contribution in [0.4, 0.5) is 0 Å². The summed E-state index contributed by atoms with van der Waals surface area (Å²) >= 11 is 0. The van der Waals surface area contributed by atoms with E-state index in [1.165, 1.54) is 14.2 Å². The number of rotatable bonds is 7. The van der Waals surface area contributed by atoms with Crippen LogP contribution in [-0.2, 0) is 11.3 Å². The average molecular weight is 381 g/mol. The van der Waals surface area contributed by atoms with E-state index >= 15 is 0 Å². The monoisotopic (exact) mass is 381 g/mol. The third-order valence-corrected chi connectivity index (χ3v) is 4.11. The molecule has 0 saturated carbocycles. The Balaban J connectivity index is 1.80. The number of carbonyl (C=O) groups excluding carboxylic acids is 2. The van der Waals surface area contributed by atoms with Gasteiger partial charge in [0.1, 0.15) is 24.3 Å². The second kappa shape index (κ2) is 8.39. The average Bonchev–Trinajstić information content (AvgIpc) is 3.12. The molecule has 0 fully saturated rings. The van der Waals surface area contributed by atoms with Crippen LogP contribution in [-0.4, -0.2) is 31.5 Å². The van der Waals surface area contributed by atoms with Crippen molar-refractivity contribution in [3.63, 3.8) is 0 Å². The molecule has 2 aromatic carbocycles. The van der Waals surface area contributed by atoms with Crippen molar-refractivity contribution in [1.82, 2.24) is 4.98 Å². The van der Waals surface area contributed by atoms with Crippen LogP contribution in [0.25, 0.3) is 11.5 Å². The third-order valence-electron chi connectivity index (χ3n) is 4.11. The molecular formula is C21H19NO6. The lowest BCUT2D eigenvalue weighted by Gasteiger charge is -2.10. The molecular weight excluding hydrogens is 362 g/mol. The van der Waals surface area contributed by atoms with E-state index in [-0.39, 0.29) is 6.61 Å². The summed E-state index contributed by atoms with van der Waals surface area (Å²) in [7, 11) is 2.83. The van der Waals surface area contributed by atoms with Crippen molar-refractivity contribution in [2.24, 2.45) is 0 Å². The summed E-state index contributed by atoms with van der Waals surface area (Å²) in [4.78, 5) is 27.1. The van der Waals surface area contributed by atoms with Gasteiger partial charge in [-0.05, 0) is 43.3 Å². The summed E-state index contributed by atoms with van der Waals surface area (Å²) in [5.41, 5.74) is 2.17. The highest BCUT2D eigenvalue weighted by molar-refractivity contribution is 5.90. The standard InChI is InChI=1S/C21H19NO6/c1-13-17(12-27-18-8-7-14(11-23)9-19(18)25-2)22-20(28-13)15-5-4-6-16(10-15)21(24)26-3/h4-11H,12H2,1-3H3. The van der Waals surface area contributed by atoms with Crippen molar-refractivity contribution in [3.8, 4) is 23.0 Å². The van der Waals surface area contributed by atoms with Crippen molar-refractivity contribution in [2.75, 3.05) is 14.2 Å². The molecule has 1 aromatic heterocycles. The lowest BCUT2D eigenvalue weighted by atomic mass is 10.1. The van der Waals surface area contributed by atoms with E-state index in [0.717, 1.165) is 6.29 Å². The van der Waals surface area contributed by atoms with Crippen molar-refractivity contribution >= 4 is 12.3 Å². The molecule has 0 bridgehead atoms. The molecule has 3 rings (SSSR count). The minimum absolute atomic E-state index is 0.156. The van der Waals surface area contributed by atoms with Gasteiger partial charge in [0.25, 0.3) is 0 Å². The van der Waals surface area contributed by atoms with Gasteiger partial charge in [0.2, 0.25) is 5.89 Å². The Morgan fingerprint density at radius 2 is 1.96 bits per heavy atom. The fraction of sp³-hybridized carbons (Fsp3) is 0.190. The van der Waals surface area contributed by atoms with E-state index in [1.807, 2.05) is 0 Å². The van der Waals surface area contributed by atoms with Crippen LogP contribution in [0, 0.1) is 6.92 Å². The molecule has 0 unspecified atom stereocenters. The summed E-state index contributed by atoms with van der Waals surface area (Å²) in [5.74, 6) is 1.49. The predicted molar refractivity (Wildman–Crippen MR) is 101 cm³/mol. The highest BCUT2D eigenvalue weighted by Crippen LogP contribution is 2.29. The van der Waals surface area contributed by atoms with E-state index in [1.54, 1.807) is 49.4 Å². The molecule has 0 aliphatic heterocycles. The molecule has 7 nitrogen and oxygen atoms in total. The summed E-state index contributed by atoms with van der Waals surface area (Å²) in [5, 5.41) is 0. The molecule has 0 aliphatic carbocycles. The van der Waals surface area contributed by atoms with E-state index in [0.29, 0.717) is 45.5 Å². The zero-order valence-electron chi connectivity index (χ0n) is 15.7. The third kappa shape index (κ3) is 4.03. The molecule has 0 saturated heterocycles. The number of aldehydes is 1. The topological polar surface area (TPSA) is 87.9 Å². The number of ether oxygens (including phenoxy) is 3. The van der Waals surface area contributed by atoms with E-state index < -0.39 is 5.97 Å². The highest BCUT2D eigenvalue weighted by Gasteiger charge is 2.15. The van der Waals surface area contributed by atoms with Crippen LogP contribution >= 0.6 is 0 Å². The van der Waals surface area contributed by atoms with Crippen LogP contribution in [0.2, 0.25) is 0 Å². The number of benzene rings is 2. The fourth-order valence-electron chi connectivity index (χ4n) is 2.61. The smallest absolute Gasteiger partial charge is 0.337 e. The van der Waals surface area contributed by atoms with Crippen LogP contribution in [0.15, 0.2) is 46.9 Å². The molecule has 0 aliphatic rings. The first-order valence-corrected chi connectivity index (χ1v) is 8.46. The predicted octanol–water partition coefficient (Wildman–Crippen LogP) is 3.84. The number of methoxy groups -OCH3 is 2. The van der Waals surface area contributed by atoms with Gasteiger partial charge in [-0.1, -0.05) is 6.07 Å². The zero-order valence-corrected chi connectivity index (χ0v) is 15.7. The number of aryl methyl sites for hydroxylation is 1. The van der Waals surface area contributed by atoms with Crippen molar-refractivity contribution in [3.05, 3.63) is 65.0 Å². The maximum absolute atomic E-state index is 11.7. The zero-order chi connectivity index (χ0) is 20.1. The van der Waals surface area contributed by atoms with Gasteiger partial charge in [0, 0.05) is 11.1 Å². The van der Waals surface area contributed by atoms with Crippen LogP contribution in [0.3, 0.4) is 0 Å². The Bertz CT molecular complexity index is 1010. The first-order valence-electron chi connectivity index (χ1n) is 8.46. The molecule has 7 heteroatoms. The van der Waals surface area contributed by atoms with Crippen LogP contribution in [0.5, 0.6) is 11.5 Å². The summed E-state index contributed by atoms with van der Waals surface area (Å²) in [6, 6.07) is 11.7. The maximum Gasteiger partial charge on any atom is 0.337 e. The summed E-state index contributed by atoms with van der Waals surface area (Å²) in [6.45, 7) is 1.94. The molecule has 0 N–H and O–H groups in total. The van der Waals surface area contributed by atoms with Crippen LogP contribution in [0.1, 0.15) is 32.2 Å². The van der Waals surface area contributed by atoms with E-state index in [9.17, 15) is 9.59 Å². The van der Waals surface area contributed by atoms with Crippen molar-refractivity contribution in [1.29, 1.82) is 0 Å². The van der Waals surface area contributed by atoms with Gasteiger partial charge in [0.15, 0.2) is 11.5 Å². The molecule has 0 radical (unpaired) electrons. The number of carbonyl (C=O) groups is 2. The second-order valence-electron chi connectivity index (χ2n) is 5.91. The lowest BCUT2D eigenvalue weighted by Crippen LogP contribution is -2.01. The quantitative estimate of drug-likeness (QED) is 0.454. The molecule has 0 amide bonds. The van der Waals surface area contributed by atoms with Gasteiger partial charge in [-0.15, -0.1) is 0 Å². The van der Waals surface area contributed by atoms with Crippen molar-refractivity contribution < 1.29 is 28.2 Å². The van der Waals surface area contributed by atoms with E-state index in [4.69, 9.17) is 18.6 Å². The van der Waals surface area contributed by atoms with Gasteiger partial charge in [0.05, 0.1) is 19.8 Å². The Morgan fingerprint density at radius 3 is 2.68 bits per heavy atom. The minimum atomic E-state index is -0.431. The van der Waals surface area contributed by atoms with Gasteiger partial charge < -0.3 is 18.6 Å². The summed E-state index contributed by atoms with van der Waals surface area (Å²) < 4.78 is 21.5. The number of aromatic nitrogens is 1. The molecule has 28 heavy (non-hydrogen) atoms. The van der Waals surface area contributed by atoms with E-state index in [2.05, 4.69) is 4.98 Å². The summed E-state index contributed by atoms with van der Waals surface area (Å²) in [6.07, 6.45) is 0.739. The lowest BCUT2D eigenvalue weighted by molar-refractivity contribution is 0.0600. The maximum atomic E-state index is 11.7. The van der Waals surface area contributed by atoms with Gasteiger partial charge in [-0.25, -0.2) is 9.78 Å². The SMILES string of the molecule is COC(=O)c1cccc(-c2nc(COc3ccc(C=O)cc3OC)c(C)o2)c1. The molecule has 0 atom stereocenters. The molecule has 144 valence electrons. The van der Waals surface area contributed by atoms with Gasteiger partial charge in [-0.3, -0.25) is 4.79 Å². The van der Waals surface area contributed by atoms with Gasteiger partial charge in [-0.2, -0.15) is 0 Å². The number of hydrogen-bond acceptors (Lipinski definition) is 7. The molecule has 1 heterocycles. The van der Waals surface area contributed by atoms with Gasteiger partial charge >= 0.3 is 5.97 Å². The second-order valence-corrected chi connectivity index (χ2v) is 5.91. The van der Waals surface area contributed by atoms with Crippen molar-refractivity contribution in [2.45, 2.75) is 13.5 Å². The molecule has 0 spiro atoms. The Kier molecular flexibility index (Phi) is 5.74. The first-order chi connectivity index (χ1) is 13.5. The largest absolute Gasteiger partial charge is 0.493 e. The molecule has 3 aromatic rings. The Labute approximate surface area is 161 Å². The number of hydrogen-bond donors (Lipinski definition) is 0. The highest BCUT2D eigenvalue weighted by atomic mass is 16.5. The Hall–Kier alpha value is -3.61. The minimum Gasteiger partial charge on any atom is -0.493 e. The first kappa shape index (κ1) is 19.2.